The number of primary amides is 2. The lowest BCUT2D eigenvalue weighted by Crippen LogP contribution is -2.22. The number of nitrogens with two attached hydrogens (primary N) is 2. The minimum atomic E-state index is -0.729. The summed E-state index contributed by atoms with van der Waals surface area (Å²) in [6, 6.07) is 9.96. The van der Waals surface area contributed by atoms with Crippen molar-refractivity contribution in [3.05, 3.63) is 53.7 Å². The Kier molecular flexibility index (Phi) is 3.42. The lowest BCUT2D eigenvalue weighted by Gasteiger charge is -2.11. The first-order valence-corrected chi connectivity index (χ1v) is 5.50. The predicted molar refractivity (Wildman–Crippen MR) is 71.0 cm³/mol. The summed E-state index contributed by atoms with van der Waals surface area (Å²) in [7, 11) is 0. The van der Waals surface area contributed by atoms with Gasteiger partial charge >= 0.3 is 0 Å². The summed E-state index contributed by atoms with van der Waals surface area (Å²) >= 11 is 0. The summed E-state index contributed by atoms with van der Waals surface area (Å²) in [5, 5.41) is 2.93. The molecule has 19 heavy (non-hydrogen) atoms. The smallest absolute Gasteiger partial charge is 0.251 e. The van der Waals surface area contributed by atoms with Crippen LogP contribution in [-0.2, 0) is 0 Å². The van der Waals surface area contributed by atoms with Crippen LogP contribution in [0, 0.1) is 0 Å². The number of carbonyl (C=O) groups excluding carboxylic acids is 2. The summed E-state index contributed by atoms with van der Waals surface area (Å²) in [6.45, 7) is 0. The van der Waals surface area contributed by atoms with Gasteiger partial charge in [0.2, 0.25) is 5.91 Å². The Balaban J connectivity index is 2.48. The molecule has 5 N–H and O–H groups in total. The van der Waals surface area contributed by atoms with Crippen LogP contribution in [0.1, 0.15) is 20.7 Å². The molecule has 0 radical (unpaired) electrons. The van der Waals surface area contributed by atoms with Crippen molar-refractivity contribution < 1.29 is 9.59 Å². The van der Waals surface area contributed by atoms with Gasteiger partial charge < -0.3 is 16.8 Å². The van der Waals surface area contributed by atoms with Gasteiger partial charge in [-0.3, -0.25) is 9.59 Å². The highest BCUT2D eigenvalue weighted by atomic mass is 16.2. The number of rotatable bonds is 4. The van der Waals surface area contributed by atoms with Crippen molar-refractivity contribution in [2.75, 3.05) is 5.32 Å². The van der Waals surface area contributed by atoms with Crippen LogP contribution in [0.15, 0.2) is 42.6 Å². The third kappa shape index (κ3) is 2.68. The molecule has 96 valence electrons. The minimum absolute atomic E-state index is 0.0562. The van der Waals surface area contributed by atoms with Crippen LogP contribution >= 0.6 is 0 Å². The zero-order chi connectivity index (χ0) is 13.8. The molecule has 0 atom stereocenters. The molecule has 1 aromatic heterocycles. The Hall–Kier alpha value is -2.89. The number of hydrogen-bond acceptors (Lipinski definition) is 4. The zero-order valence-corrected chi connectivity index (χ0v) is 9.96. The van der Waals surface area contributed by atoms with Crippen LogP contribution in [-0.4, -0.2) is 16.8 Å². The average Bonchev–Trinajstić information content (AvgIpc) is 2.39. The Morgan fingerprint density at radius 2 is 1.79 bits per heavy atom. The summed E-state index contributed by atoms with van der Waals surface area (Å²) < 4.78 is 0. The summed E-state index contributed by atoms with van der Waals surface area (Å²) in [4.78, 5) is 26.9. The van der Waals surface area contributed by atoms with Gasteiger partial charge in [-0.2, -0.15) is 0 Å². The summed E-state index contributed by atoms with van der Waals surface area (Å²) in [6.07, 6.45) is 1.60. The second-order valence-corrected chi connectivity index (χ2v) is 3.80. The molecule has 0 bridgehead atoms. The monoisotopic (exact) mass is 256 g/mol. The largest absolute Gasteiger partial charge is 0.366 e. The molecule has 2 aromatic rings. The maximum Gasteiger partial charge on any atom is 0.251 e. The SMILES string of the molecule is NC(=O)c1cccc(Nc2ccccn2)c1C(N)=O. The van der Waals surface area contributed by atoms with E-state index in [-0.39, 0.29) is 11.1 Å². The maximum absolute atomic E-state index is 11.5. The number of aromatic nitrogens is 1. The number of carbonyl (C=O) groups is 2. The molecule has 6 nitrogen and oxygen atoms in total. The number of pyridine rings is 1. The highest BCUT2D eigenvalue weighted by molar-refractivity contribution is 6.10. The molecule has 0 aliphatic carbocycles. The third-order valence-electron chi connectivity index (χ3n) is 2.50. The van der Waals surface area contributed by atoms with Gasteiger partial charge in [0.25, 0.3) is 5.91 Å². The minimum Gasteiger partial charge on any atom is -0.366 e. The van der Waals surface area contributed by atoms with Crippen molar-refractivity contribution in [1.82, 2.24) is 4.98 Å². The standard InChI is InChI=1S/C13H12N4O2/c14-12(18)8-4-3-5-9(11(8)13(15)19)17-10-6-1-2-7-16-10/h1-7H,(H2,14,18)(H2,15,19)(H,16,17). The first kappa shape index (κ1) is 12.6. The molecule has 2 rings (SSSR count). The van der Waals surface area contributed by atoms with Crippen LogP contribution in [0.5, 0.6) is 0 Å². The Morgan fingerprint density at radius 3 is 2.37 bits per heavy atom. The van der Waals surface area contributed by atoms with Crippen LogP contribution in [0.4, 0.5) is 11.5 Å². The highest BCUT2D eigenvalue weighted by Gasteiger charge is 2.17. The number of amides is 2. The fourth-order valence-corrected chi connectivity index (χ4v) is 1.70. The van der Waals surface area contributed by atoms with Crippen LogP contribution in [0.2, 0.25) is 0 Å². The van der Waals surface area contributed by atoms with Gasteiger partial charge in [0.05, 0.1) is 16.8 Å². The van der Waals surface area contributed by atoms with Crippen molar-refractivity contribution >= 4 is 23.3 Å². The molecule has 0 aliphatic rings. The van der Waals surface area contributed by atoms with E-state index in [0.717, 1.165) is 0 Å². The number of anilines is 2. The van der Waals surface area contributed by atoms with E-state index in [1.807, 2.05) is 0 Å². The van der Waals surface area contributed by atoms with E-state index < -0.39 is 11.8 Å². The second kappa shape index (κ2) is 5.18. The van der Waals surface area contributed by atoms with Crippen LogP contribution in [0.3, 0.4) is 0 Å². The number of nitrogens with zero attached hydrogens (tertiary/aromatic N) is 1. The Bertz CT molecular complexity index is 626. The van der Waals surface area contributed by atoms with Crippen LogP contribution < -0.4 is 16.8 Å². The molecule has 0 saturated heterocycles. The zero-order valence-electron chi connectivity index (χ0n) is 9.96. The van der Waals surface area contributed by atoms with E-state index in [4.69, 9.17) is 11.5 Å². The van der Waals surface area contributed by atoms with Crippen molar-refractivity contribution in [2.45, 2.75) is 0 Å². The van der Waals surface area contributed by atoms with Gasteiger partial charge in [-0.05, 0) is 24.3 Å². The quantitative estimate of drug-likeness (QED) is 0.758. The second-order valence-electron chi connectivity index (χ2n) is 3.80. The lowest BCUT2D eigenvalue weighted by molar-refractivity contribution is 0.0968. The number of nitrogens with one attached hydrogen (secondary N) is 1. The first-order chi connectivity index (χ1) is 9.09. The molecule has 0 unspecified atom stereocenters. The van der Waals surface area contributed by atoms with E-state index in [9.17, 15) is 9.59 Å². The topological polar surface area (TPSA) is 111 Å². The van der Waals surface area contributed by atoms with Crippen molar-refractivity contribution in [1.29, 1.82) is 0 Å². The summed E-state index contributed by atoms with van der Waals surface area (Å²) in [5.74, 6) is -0.905. The van der Waals surface area contributed by atoms with Crippen molar-refractivity contribution in [3.63, 3.8) is 0 Å². The van der Waals surface area contributed by atoms with Gasteiger partial charge in [0.15, 0.2) is 0 Å². The molecular formula is C13H12N4O2. The van der Waals surface area contributed by atoms with Gasteiger partial charge in [0, 0.05) is 6.20 Å². The molecule has 0 aliphatic heterocycles. The molecular weight excluding hydrogens is 244 g/mol. The predicted octanol–water partition coefficient (Wildman–Crippen LogP) is 1.02. The molecule has 6 heteroatoms. The Morgan fingerprint density at radius 1 is 1.00 bits per heavy atom. The van der Waals surface area contributed by atoms with E-state index in [0.29, 0.717) is 11.5 Å². The van der Waals surface area contributed by atoms with Gasteiger partial charge in [-0.25, -0.2) is 4.98 Å². The normalized spacial score (nSPS) is 9.89. The van der Waals surface area contributed by atoms with Crippen molar-refractivity contribution in [3.8, 4) is 0 Å². The maximum atomic E-state index is 11.5. The third-order valence-corrected chi connectivity index (χ3v) is 2.50. The molecule has 0 spiro atoms. The van der Waals surface area contributed by atoms with E-state index in [1.165, 1.54) is 6.07 Å². The van der Waals surface area contributed by atoms with E-state index >= 15 is 0 Å². The van der Waals surface area contributed by atoms with Gasteiger partial charge in [-0.15, -0.1) is 0 Å². The van der Waals surface area contributed by atoms with E-state index in [2.05, 4.69) is 10.3 Å². The molecule has 1 heterocycles. The van der Waals surface area contributed by atoms with Crippen LogP contribution in [0.25, 0.3) is 0 Å². The fraction of sp³-hybridized carbons (Fsp3) is 0. The molecule has 0 saturated carbocycles. The summed E-state index contributed by atoms with van der Waals surface area (Å²) in [5.41, 5.74) is 11.0. The number of hydrogen-bond donors (Lipinski definition) is 3. The molecule has 2 amide bonds. The lowest BCUT2D eigenvalue weighted by atomic mass is 10.0. The van der Waals surface area contributed by atoms with Gasteiger partial charge in [-0.1, -0.05) is 12.1 Å². The highest BCUT2D eigenvalue weighted by Crippen LogP contribution is 2.22. The molecule has 1 aromatic carbocycles. The van der Waals surface area contributed by atoms with Gasteiger partial charge in [0.1, 0.15) is 5.82 Å². The first-order valence-electron chi connectivity index (χ1n) is 5.50. The number of benzene rings is 1. The average molecular weight is 256 g/mol. The van der Waals surface area contributed by atoms with E-state index in [1.54, 1.807) is 36.5 Å². The van der Waals surface area contributed by atoms with Crippen molar-refractivity contribution in [2.24, 2.45) is 11.5 Å². The molecule has 0 fully saturated rings. The fourth-order valence-electron chi connectivity index (χ4n) is 1.70. The Labute approximate surface area is 109 Å².